The minimum atomic E-state index is -0.196. The first kappa shape index (κ1) is 13.5. The number of carbonyl (C=O) groups excluding carboxylic acids is 1. The van der Waals surface area contributed by atoms with Gasteiger partial charge in [-0.25, -0.2) is 0 Å². The normalized spacial score (nSPS) is 52.3. The minimum Gasteiger partial charge on any atom is -0.459 e. The van der Waals surface area contributed by atoms with Crippen molar-refractivity contribution in [3.05, 3.63) is 0 Å². The lowest BCUT2D eigenvalue weighted by Crippen LogP contribution is -2.61. The summed E-state index contributed by atoms with van der Waals surface area (Å²) in [5, 5.41) is 0. The van der Waals surface area contributed by atoms with Gasteiger partial charge in [-0.05, 0) is 48.9 Å². The Bertz CT molecular complexity index is 427. The van der Waals surface area contributed by atoms with E-state index in [0.29, 0.717) is 23.2 Å². The predicted molar refractivity (Wildman–Crippen MR) is 75.7 cm³/mol. The third kappa shape index (κ3) is 1.46. The van der Waals surface area contributed by atoms with Crippen molar-refractivity contribution in [3.8, 4) is 0 Å². The van der Waals surface area contributed by atoms with Crippen LogP contribution in [0.3, 0.4) is 0 Å². The van der Waals surface area contributed by atoms with Crippen LogP contribution in [-0.2, 0) is 9.53 Å². The topological polar surface area (TPSA) is 26.3 Å². The molecule has 3 rings (SSSR count). The number of rotatable bonds is 0. The number of fused-ring (bicyclic) bond motifs is 3. The van der Waals surface area contributed by atoms with E-state index in [9.17, 15) is 4.79 Å². The van der Waals surface area contributed by atoms with Crippen LogP contribution in [0, 0.1) is 22.2 Å². The molecule has 19 heavy (non-hydrogen) atoms. The van der Waals surface area contributed by atoms with Crippen LogP contribution in [0.5, 0.6) is 0 Å². The molecule has 2 heteroatoms. The van der Waals surface area contributed by atoms with Gasteiger partial charge < -0.3 is 4.74 Å². The molecule has 0 radical (unpaired) electrons. The lowest BCUT2D eigenvalue weighted by atomic mass is 9.38. The highest BCUT2D eigenvalue weighted by Crippen LogP contribution is 2.71. The number of hydrogen-bond donors (Lipinski definition) is 0. The molecule has 108 valence electrons. The number of hydrogen-bond acceptors (Lipinski definition) is 2. The molecular formula is C17H28O2. The third-order valence-corrected chi connectivity index (χ3v) is 7.60. The SMILES string of the molecule is CC1(C)CCC[C@]2(C)[C@H]3CC(=O)O[C@]3(C)CCC12C. The highest BCUT2D eigenvalue weighted by Gasteiger charge is 2.67. The summed E-state index contributed by atoms with van der Waals surface area (Å²) in [4.78, 5) is 11.9. The second-order valence-corrected chi connectivity index (χ2v) is 8.53. The Labute approximate surface area is 117 Å². The van der Waals surface area contributed by atoms with E-state index in [1.54, 1.807) is 0 Å². The van der Waals surface area contributed by atoms with E-state index in [1.807, 2.05) is 0 Å². The average Bonchev–Trinajstić information content (AvgIpc) is 2.60. The van der Waals surface area contributed by atoms with Gasteiger partial charge in [0.15, 0.2) is 0 Å². The molecule has 0 N–H and O–H groups in total. The Kier molecular flexibility index (Phi) is 2.52. The smallest absolute Gasteiger partial charge is 0.306 e. The summed E-state index contributed by atoms with van der Waals surface area (Å²) in [6.07, 6.45) is 6.73. The second kappa shape index (κ2) is 3.56. The van der Waals surface area contributed by atoms with Crippen molar-refractivity contribution in [1.29, 1.82) is 0 Å². The molecule has 0 bridgehead atoms. The van der Waals surface area contributed by atoms with Crippen molar-refractivity contribution < 1.29 is 9.53 Å². The van der Waals surface area contributed by atoms with E-state index in [0.717, 1.165) is 6.42 Å². The summed E-state index contributed by atoms with van der Waals surface area (Å²) in [5.41, 5.74) is 0.746. The van der Waals surface area contributed by atoms with E-state index in [2.05, 4.69) is 34.6 Å². The number of esters is 1. The quantitative estimate of drug-likeness (QED) is 0.609. The van der Waals surface area contributed by atoms with E-state index in [-0.39, 0.29) is 17.0 Å². The molecule has 1 aliphatic heterocycles. The van der Waals surface area contributed by atoms with Crippen molar-refractivity contribution in [2.75, 3.05) is 0 Å². The summed E-state index contributed by atoms with van der Waals surface area (Å²) in [7, 11) is 0. The van der Waals surface area contributed by atoms with Gasteiger partial charge >= 0.3 is 5.97 Å². The summed E-state index contributed by atoms with van der Waals surface area (Å²) >= 11 is 0. The highest BCUT2D eigenvalue weighted by molar-refractivity contribution is 5.73. The average molecular weight is 264 g/mol. The summed E-state index contributed by atoms with van der Waals surface area (Å²) in [6, 6.07) is 0. The highest BCUT2D eigenvalue weighted by atomic mass is 16.6. The molecule has 0 amide bonds. The molecule has 1 saturated heterocycles. The van der Waals surface area contributed by atoms with E-state index >= 15 is 0 Å². The van der Waals surface area contributed by atoms with E-state index < -0.39 is 0 Å². The maximum Gasteiger partial charge on any atom is 0.306 e. The molecule has 2 saturated carbocycles. The molecule has 0 spiro atoms. The monoisotopic (exact) mass is 264 g/mol. The van der Waals surface area contributed by atoms with Gasteiger partial charge in [-0.3, -0.25) is 4.79 Å². The lowest BCUT2D eigenvalue weighted by Gasteiger charge is -2.66. The van der Waals surface area contributed by atoms with Crippen molar-refractivity contribution in [3.63, 3.8) is 0 Å². The van der Waals surface area contributed by atoms with Crippen LogP contribution in [0.2, 0.25) is 0 Å². The van der Waals surface area contributed by atoms with Gasteiger partial charge in [-0.1, -0.05) is 34.1 Å². The maximum absolute atomic E-state index is 11.9. The molecule has 0 aromatic carbocycles. The van der Waals surface area contributed by atoms with Crippen LogP contribution in [-0.4, -0.2) is 11.6 Å². The Morgan fingerprint density at radius 1 is 1.00 bits per heavy atom. The zero-order valence-corrected chi connectivity index (χ0v) is 13.1. The van der Waals surface area contributed by atoms with Crippen molar-refractivity contribution >= 4 is 5.97 Å². The standard InChI is InChI=1S/C17H28O2/c1-14(2)7-6-8-15(3)12-11-13(18)19-16(12,4)9-10-17(14,15)5/h12H,6-11H2,1-5H3/t12-,15-,16-,17?/m1/s1. The molecule has 0 aromatic rings. The van der Waals surface area contributed by atoms with E-state index in [4.69, 9.17) is 4.74 Å². The van der Waals surface area contributed by atoms with Gasteiger partial charge in [0, 0.05) is 5.92 Å². The van der Waals surface area contributed by atoms with Crippen molar-refractivity contribution in [2.24, 2.45) is 22.2 Å². The molecule has 0 aromatic heterocycles. The fourth-order valence-corrected chi connectivity index (χ4v) is 5.78. The summed E-state index contributed by atoms with van der Waals surface area (Å²) in [6.45, 7) is 12.0. The largest absolute Gasteiger partial charge is 0.459 e. The van der Waals surface area contributed by atoms with Gasteiger partial charge in [0.2, 0.25) is 0 Å². The van der Waals surface area contributed by atoms with Crippen LogP contribution in [0.4, 0.5) is 0 Å². The molecule has 2 aliphatic carbocycles. The van der Waals surface area contributed by atoms with Gasteiger partial charge in [0.1, 0.15) is 5.60 Å². The summed E-state index contributed by atoms with van der Waals surface area (Å²) in [5.74, 6) is 0.437. The Balaban J connectivity index is 2.08. The zero-order chi connectivity index (χ0) is 14.1. The maximum atomic E-state index is 11.9. The first-order chi connectivity index (χ1) is 8.65. The lowest BCUT2D eigenvalue weighted by molar-refractivity contribution is -0.201. The van der Waals surface area contributed by atoms with Gasteiger partial charge in [0.05, 0.1) is 6.42 Å². The molecular weight excluding hydrogens is 236 g/mol. The Morgan fingerprint density at radius 2 is 1.68 bits per heavy atom. The van der Waals surface area contributed by atoms with Crippen molar-refractivity contribution in [1.82, 2.24) is 0 Å². The molecule has 1 unspecified atom stereocenters. The molecule has 4 atom stereocenters. The van der Waals surface area contributed by atoms with Gasteiger partial charge in [0.25, 0.3) is 0 Å². The van der Waals surface area contributed by atoms with Gasteiger partial charge in [-0.2, -0.15) is 0 Å². The Hall–Kier alpha value is -0.530. The van der Waals surface area contributed by atoms with Gasteiger partial charge in [-0.15, -0.1) is 0 Å². The molecule has 2 nitrogen and oxygen atoms in total. The zero-order valence-electron chi connectivity index (χ0n) is 13.1. The van der Waals surface area contributed by atoms with Crippen LogP contribution >= 0.6 is 0 Å². The van der Waals surface area contributed by atoms with Crippen molar-refractivity contribution in [2.45, 2.75) is 78.7 Å². The number of carbonyl (C=O) groups is 1. The third-order valence-electron chi connectivity index (χ3n) is 7.60. The predicted octanol–water partition coefficient (Wildman–Crippen LogP) is 4.32. The first-order valence-corrected chi connectivity index (χ1v) is 7.87. The molecule has 1 heterocycles. The Morgan fingerprint density at radius 3 is 2.37 bits per heavy atom. The first-order valence-electron chi connectivity index (χ1n) is 7.87. The fraction of sp³-hybridized carbons (Fsp3) is 0.941. The number of ether oxygens (including phenoxy) is 1. The fourth-order valence-electron chi connectivity index (χ4n) is 5.78. The van der Waals surface area contributed by atoms with Crippen LogP contribution in [0.1, 0.15) is 73.1 Å². The van der Waals surface area contributed by atoms with Crippen LogP contribution in [0.15, 0.2) is 0 Å². The minimum absolute atomic E-state index is 0.0290. The molecule has 3 aliphatic rings. The summed E-state index contributed by atoms with van der Waals surface area (Å²) < 4.78 is 5.74. The van der Waals surface area contributed by atoms with E-state index in [1.165, 1.54) is 25.7 Å². The van der Waals surface area contributed by atoms with Crippen LogP contribution in [0.25, 0.3) is 0 Å². The van der Waals surface area contributed by atoms with Crippen LogP contribution < -0.4 is 0 Å². The second-order valence-electron chi connectivity index (χ2n) is 8.53. The molecule has 3 fully saturated rings.